The molecule has 1 saturated heterocycles. The first-order valence-electron chi connectivity index (χ1n) is 9.22. The number of hydrogen-bond acceptors (Lipinski definition) is 5. The summed E-state index contributed by atoms with van der Waals surface area (Å²) in [5.74, 6) is 1.60. The molecule has 1 fully saturated rings. The van der Waals surface area contributed by atoms with Crippen LogP contribution in [0.4, 0.5) is 0 Å². The number of nitrogens with zero attached hydrogens (tertiary/aromatic N) is 4. The average Bonchev–Trinajstić information content (AvgIpc) is 2.96. The van der Waals surface area contributed by atoms with E-state index in [-0.39, 0.29) is 30.1 Å². The SMILES string of the molecule is CCNC(=NCC1CN(CC(C)C)CCO1)N(C)Cc1csc(C)n1.I. The Labute approximate surface area is 179 Å². The maximum atomic E-state index is 5.91. The zero-order valence-corrected chi connectivity index (χ0v) is 19.8. The second kappa shape index (κ2) is 12.1. The van der Waals surface area contributed by atoms with E-state index in [1.54, 1.807) is 11.3 Å². The number of morpholine rings is 1. The van der Waals surface area contributed by atoms with Crippen LogP contribution >= 0.6 is 35.3 Å². The van der Waals surface area contributed by atoms with Gasteiger partial charge in [-0.25, -0.2) is 4.98 Å². The lowest BCUT2D eigenvalue weighted by atomic mass is 10.2. The highest BCUT2D eigenvalue weighted by molar-refractivity contribution is 14.0. The van der Waals surface area contributed by atoms with E-state index in [0.29, 0.717) is 12.5 Å². The number of rotatable bonds is 7. The lowest BCUT2D eigenvalue weighted by molar-refractivity contribution is -0.0262. The molecule has 1 N–H and O–H groups in total. The van der Waals surface area contributed by atoms with Crippen molar-refractivity contribution in [1.29, 1.82) is 0 Å². The second-order valence-corrected chi connectivity index (χ2v) is 8.12. The summed E-state index contributed by atoms with van der Waals surface area (Å²) >= 11 is 1.69. The molecular weight excluding hydrogens is 461 g/mol. The number of aromatic nitrogens is 1. The number of halogens is 1. The van der Waals surface area contributed by atoms with E-state index < -0.39 is 0 Å². The van der Waals surface area contributed by atoms with Crippen LogP contribution in [0.15, 0.2) is 10.4 Å². The molecule has 0 saturated carbocycles. The van der Waals surface area contributed by atoms with Crippen molar-refractivity contribution in [2.45, 2.75) is 40.3 Å². The summed E-state index contributed by atoms with van der Waals surface area (Å²) in [6.45, 7) is 14.9. The van der Waals surface area contributed by atoms with Gasteiger partial charge < -0.3 is 15.0 Å². The number of guanidine groups is 1. The van der Waals surface area contributed by atoms with Crippen LogP contribution in [0.5, 0.6) is 0 Å². The fourth-order valence-electron chi connectivity index (χ4n) is 3.03. The second-order valence-electron chi connectivity index (χ2n) is 7.05. The maximum absolute atomic E-state index is 5.91. The van der Waals surface area contributed by atoms with E-state index in [1.165, 1.54) is 0 Å². The van der Waals surface area contributed by atoms with Crippen molar-refractivity contribution in [3.8, 4) is 0 Å². The molecule has 8 heteroatoms. The summed E-state index contributed by atoms with van der Waals surface area (Å²) in [7, 11) is 2.06. The molecule has 26 heavy (non-hydrogen) atoms. The van der Waals surface area contributed by atoms with Crippen molar-refractivity contribution in [2.24, 2.45) is 10.9 Å². The Kier molecular flexibility index (Phi) is 11.0. The molecule has 1 atom stereocenters. The van der Waals surface area contributed by atoms with Crippen molar-refractivity contribution < 1.29 is 4.74 Å². The first kappa shape index (κ1) is 23.6. The van der Waals surface area contributed by atoms with Crippen LogP contribution in [0.1, 0.15) is 31.5 Å². The molecule has 2 rings (SSSR count). The van der Waals surface area contributed by atoms with E-state index in [4.69, 9.17) is 9.73 Å². The topological polar surface area (TPSA) is 53.0 Å². The largest absolute Gasteiger partial charge is 0.374 e. The number of hydrogen-bond donors (Lipinski definition) is 1. The van der Waals surface area contributed by atoms with Gasteiger partial charge in [-0.05, 0) is 19.8 Å². The molecule has 1 aliphatic rings. The summed E-state index contributed by atoms with van der Waals surface area (Å²) < 4.78 is 5.91. The quantitative estimate of drug-likeness (QED) is 0.358. The zero-order valence-electron chi connectivity index (χ0n) is 16.7. The van der Waals surface area contributed by atoms with Crippen LogP contribution in [-0.2, 0) is 11.3 Å². The Hall–Kier alpha value is -0.450. The predicted octanol–water partition coefficient (Wildman–Crippen LogP) is 2.82. The Bertz CT molecular complexity index is 551. The number of thiazole rings is 1. The highest BCUT2D eigenvalue weighted by Crippen LogP contribution is 2.11. The third-order valence-electron chi connectivity index (χ3n) is 4.05. The van der Waals surface area contributed by atoms with Crippen molar-refractivity contribution in [1.82, 2.24) is 20.1 Å². The molecule has 6 nitrogen and oxygen atoms in total. The highest BCUT2D eigenvalue weighted by atomic mass is 127. The van der Waals surface area contributed by atoms with Gasteiger partial charge in [0.05, 0.1) is 36.5 Å². The summed E-state index contributed by atoms with van der Waals surface area (Å²) in [6.07, 6.45) is 0.177. The smallest absolute Gasteiger partial charge is 0.194 e. The third-order valence-corrected chi connectivity index (χ3v) is 4.88. The Morgan fingerprint density at radius 2 is 2.31 bits per heavy atom. The Balaban J connectivity index is 0.00000338. The van der Waals surface area contributed by atoms with Crippen LogP contribution in [0.2, 0.25) is 0 Å². The molecule has 1 aromatic rings. The normalized spacial score (nSPS) is 18.7. The average molecular weight is 495 g/mol. The van der Waals surface area contributed by atoms with Gasteiger partial charge in [0.15, 0.2) is 5.96 Å². The number of aryl methyl sites for hydroxylation is 1. The molecule has 2 heterocycles. The molecule has 0 spiro atoms. The first-order valence-corrected chi connectivity index (χ1v) is 10.1. The van der Waals surface area contributed by atoms with Crippen LogP contribution in [-0.4, -0.2) is 73.2 Å². The van der Waals surface area contributed by atoms with Crippen LogP contribution in [0, 0.1) is 12.8 Å². The molecule has 0 bridgehead atoms. The molecule has 1 unspecified atom stereocenters. The van der Waals surface area contributed by atoms with E-state index in [2.05, 4.69) is 53.3 Å². The zero-order chi connectivity index (χ0) is 18.2. The van der Waals surface area contributed by atoms with Crippen molar-refractivity contribution in [3.05, 3.63) is 16.1 Å². The predicted molar refractivity (Wildman–Crippen MR) is 121 cm³/mol. The van der Waals surface area contributed by atoms with Crippen molar-refractivity contribution >= 4 is 41.3 Å². The molecule has 0 aromatic carbocycles. The van der Waals surface area contributed by atoms with Gasteiger partial charge in [0.2, 0.25) is 0 Å². The van der Waals surface area contributed by atoms with Gasteiger partial charge in [-0.2, -0.15) is 0 Å². The molecule has 0 amide bonds. The highest BCUT2D eigenvalue weighted by Gasteiger charge is 2.21. The molecule has 150 valence electrons. The van der Waals surface area contributed by atoms with Crippen LogP contribution in [0.3, 0.4) is 0 Å². The minimum atomic E-state index is 0. The molecular formula is C18H34IN5OS. The lowest BCUT2D eigenvalue weighted by Crippen LogP contribution is -2.46. The van der Waals surface area contributed by atoms with Gasteiger partial charge >= 0.3 is 0 Å². The van der Waals surface area contributed by atoms with E-state index >= 15 is 0 Å². The molecule has 0 radical (unpaired) electrons. The minimum Gasteiger partial charge on any atom is -0.374 e. The van der Waals surface area contributed by atoms with Gasteiger partial charge in [0, 0.05) is 38.6 Å². The van der Waals surface area contributed by atoms with E-state index in [9.17, 15) is 0 Å². The number of nitrogens with one attached hydrogen (secondary N) is 1. The summed E-state index contributed by atoms with van der Waals surface area (Å²) in [4.78, 5) is 14.0. The van der Waals surface area contributed by atoms with Crippen LogP contribution < -0.4 is 5.32 Å². The molecule has 1 aliphatic heterocycles. The van der Waals surface area contributed by atoms with Crippen molar-refractivity contribution in [3.63, 3.8) is 0 Å². The van der Waals surface area contributed by atoms with E-state index in [1.807, 2.05) is 6.92 Å². The van der Waals surface area contributed by atoms with Gasteiger partial charge in [0.25, 0.3) is 0 Å². The number of aliphatic imine (C=N–C) groups is 1. The first-order chi connectivity index (χ1) is 12.0. The standard InChI is InChI=1S/C18H33N5OS.HI/c1-6-19-18(22(5)11-16-13-25-15(4)21-16)20-9-17-12-23(7-8-24-17)10-14(2)3;/h13-14,17H,6-12H2,1-5H3,(H,19,20);1H. The fraction of sp³-hybridized carbons (Fsp3) is 0.778. The van der Waals surface area contributed by atoms with E-state index in [0.717, 1.165) is 56.0 Å². The summed E-state index contributed by atoms with van der Waals surface area (Å²) in [5, 5.41) is 6.59. The molecule has 0 aliphatic carbocycles. The summed E-state index contributed by atoms with van der Waals surface area (Å²) in [5.41, 5.74) is 1.09. The Morgan fingerprint density at radius 3 is 2.92 bits per heavy atom. The van der Waals surface area contributed by atoms with Crippen molar-refractivity contribution in [2.75, 3.05) is 46.4 Å². The van der Waals surface area contributed by atoms with Gasteiger partial charge in [-0.15, -0.1) is 35.3 Å². The molecule has 1 aromatic heterocycles. The lowest BCUT2D eigenvalue weighted by Gasteiger charge is -2.33. The Morgan fingerprint density at radius 1 is 1.54 bits per heavy atom. The third kappa shape index (κ3) is 8.06. The summed E-state index contributed by atoms with van der Waals surface area (Å²) in [6, 6.07) is 0. The fourth-order valence-corrected chi connectivity index (χ4v) is 3.63. The monoisotopic (exact) mass is 495 g/mol. The number of ether oxygens (including phenoxy) is 1. The van der Waals surface area contributed by atoms with Gasteiger partial charge in [-0.1, -0.05) is 13.8 Å². The van der Waals surface area contributed by atoms with Crippen LogP contribution in [0.25, 0.3) is 0 Å². The maximum Gasteiger partial charge on any atom is 0.194 e. The van der Waals surface area contributed by atoms with Gasteiger partial charge in [-0.3, -0.25) is 9.89 Å². The minimum absolute atomic E-state index is 0. The van der Waals surface area contributed by atoms with Gasteiger partial charge in [0.1, 0.15) is 0 Å².